The van der Waals surface area contributed by atoms with E-state index in [0.717, 1.165) is 16.7 Å². The molecule has 2 rings (SSSR count). The molecule has 2 aromatic carbocycles. The highest BCUT2D eigenvalue weighted by atomic mass is 16.4. The molecule has 0 saturated heterocycles. The lowest BCUT2D eigenvalue weighted by Gasteiger charge is -2.09. The molecule has 18 heavy (non-hydrogen) atoms. The number of benzene rings is 2. The molecule has 0 aliphatic heterocycles. The lowest BCUT2D eigenvalue weighted by atomic mass is 9.97. The zero-order valence-corrected chi connectivity index (χ0v) is 10.1. The average Bonchev–Trinajstić information content (AvgIpc) is 2.38. The van der Waals surface area contributed by atoms with Crippen LogP contribution in [0.3, 0.4) is 0 Å². The summed E-state index contributed by atoms with van der Waals surface area (Å²) in [5.41, 5.74) is 3.67. The van der Waals surface area contributed by atoms with E-state index >= 15 is 0 Å². The number of carboxylic acids is 1. The molecule has 0 unspecified atom stereocenters. The molecule has 92 valence electrons. The van der Waals surface area contributed by atoms with E-state index in [-0.39, 0.29) is 12.2 Å². The van der Waals surface area contributed by atoms with Gasteiger partial charge in [-0.05, 0) is 47.4 Å². The van der Waals surface area contributed by atoms with Gasteiger partial charge in [0.1, 0.15) is 0 Å². The van der Waals surface area contributed by atoms with Gasteiger partial charge in [0.05, 0.1) is 12.2 Å². The van der Waals surface area contributed by atoms with E-state index in [4.69, 9.17) is 5.11 Å². The minimum atomic E-state index is -0.986. The number of carboxylic acid groups (broad SMARTS) is 1. The van der Waals surface area contributed by atoms with E-state index in [2.05, 4.69) is 0 Å². The molecule has 0 radical (unpaired) electrons. The van der Waals surface area contributed by atoms with Gasteiger partial charge in [-0.25, -0.2) is 4.79 Å². The Bertz CT molecular complexity index is 588. The molecular formula is C15H14O3. The highest BCUT2D eigenvalue weighted by Gasteiger charge is 2.09. The van der Waals surface area contributed by atoms with E-state index in [1.165, 1.54) is 6.07 Å². The first-order valence-electron chi connectivity index (χ1n) is 5.66. The second-order valence-corrected chi connectivity index (χ2v) is 4.20. The van der Waals surface area contributed by atoms with Crippen molar-refractivity contribution in [2.24, 2.45) is 0 Å². The maximum atomic E-state index is 11.1. The zero-order chi connectivity index (χ0) is 13.1. The second kappa shape index (κ2) is 5.02. The summed E-state index contributed by atoms with van der Waals surface area (Å²) in [5, 5.41) is 18.3. The Morgan fingerprint density at radius 3 is 2.50 bits per heavy atom. The van der Waals surface area contributed by atoms with Crippen LogP contribution in [-0.2, 0) is 6.61 Å². The molecule has 0 aliphatic rings. The number of rotatable bonds is 3. The first-order chi connectivity index (χ1) is 8.61. The summed E-state index contributed by atoms with van der Waals surface area (Å²) in [6.07, 6.45) is 0. The fraction of sp³-hybridized carbons (Fsp3) is 0.133. The monoisotopic (exact) mass is 242 g/mol. The normalized spacial score (nSPS) is 10.3. The minimum absolute atomic E-state index is 0.167. The van der Waals surface area contributed by atoms with E-state index in [9.17, 15) is 9.90 Å². The molecular weight excluding hydrogens is 228 g/mol. The summed E-state index contributed by atoms with van der Waals surface area (Å²) in [5.74, 6) is -0.986. The van der Waals surface area contributed by atoms with Gasteiger partial charge in [-0.15, -0.1) is 0 Å². The Morgan fingerprint density at radius 2 is 1.89 bits per heavy atom. The van der Waals surface area contributed by atoms with Crippen molar-refractivity contribution in [3.63, 3.8) is 0 Å². The molecule has 0 aromatic heterocycles. The van der Waals surface area contributed by atoms with Gasteiger partial charge in [-0.1, -0.05) is 24.3 Å². The fourth-order valence-electron chi connectivity index (χ4n) is 1.96. The van der Waals surface area contributed by atoms with Crippen LogP contribution >= 0.6 is 0 Å². The smallest absolute Gasteiger partial charge is 0.335 e. The van der Waals surface area contributed by atoms with Crippen LogP contribution in [0, 0.1) is 6.92 Å². The second-order valence-electron chi connectivity index (χ2n) is 4.20. The summed E-state index contributed by atoms with van der Waals surface area (Å²) in [7, 11) is 0. The zero-order valence-electron chi connectivity index (χ0n) is 10.1. The third kappa shape index (κ3) is 2.41. The molecule has 0 fully saturated rings. The van der Waals surface area contributed by atoms with Crippen LogP contribution < -0.4 is 0 Å². The topological polar surface area (TPSA) is 57.5 Å². The molecule has 0 heterocycles. The van der Waals surface area contributed by atoms with Crippen molar-refractivity contribution >= 4 is 5.97 Å². The van der Waals surface area contributed by atoms with Crippen LogP contribution in [0.15, 0.2) is 42.5 Å². The molecule has 0 aliphatic carbocycles. The number of hydrogen-bond donors (Lipinski definition) is 2. The molecule has 2 aromatic rings. The van der Waals surface area contributed by atoms with Crippen molar-refractivity contribution in [2.45, 2.75) is 13.5 Å². The molecule has 0 spiro atoms. The third-order valence-electron chi connectivity index (χ3n) is 2.88. The van der Waals surface area contributed by atoms with Gasteiger partial charge >= 0.3 is 5.97 Å². The standard InChI is InChI=1S/C15H14O3/c1-10-4-2-3-5-14(10)12-6-11(9-16)7-13(8-12)15(17)18/h2-8,16H,9H2,1H3,(H,17,18). The van der Waals surface area contributed by atoms with E-state index in [1.807, 2.05) is 37.3 Å². The van der Waals surface area contributed by atoms with Gasteiger partial charge in [0.25, 0.3) is 0 Å². The predicted octanol–water partition coefficient (Wildman–Crippen LogP) is 2.85. The molecule has 2 N–H and O–H groups in total. The number of aliphatic hydroxyl groups excluding tert-OH is 1. The molecule has 0 saturated carbocycles. The maximum Gasteiger partial charge on any atom is 0.335 e. The van der Waals surface area contributed by atoms with Gasteiger partial charge in [0, 0.05) is 0 Å². The fourth-order valence-corrected chi connectivity index (χ4v) is 1.96. The SMILES string of the molecule is Cc1ccccc1-c1cc(CO)cc(C(=O)O)c1. The average molecular weight is 242 g/mol. The molecule has 3 nitrogen and oxygen atoms in total. The molecule has 0 bridgehead atoms. The van der Waals surface area contributed by atoms with Crippen LogP contribution in [0.1, 0.15) is 21.5 Å². The highest BCUT2D eigenvalue weighted by molar-refractivity contribution is 5.90. The molecule has 3 heteroatoms. The third-order valence-corrected chi connectivity index (χ3v) is 2.88. The first-order valence-corrected chi connectivity index (χ1v) is 5.66. The molecule has 0 atom stereocenters. The van der Waals surface area contributed by atoms with Crippen molar-refractivity contribution in [2.75, 3.05) is 0 Å². The number of aryl methyl sites for hydroxylation is 1. The molecule has 0 amide bonds. The van der Waals surface area contributed by atoms with Crippen LogP contribution in [0.25, 0.3) is 11.1 Å². The number of aliphatic hydroxyl groups is 1. The lowest BCUT2D eigenvalue weighted by molar-refractivity contribution is 0.0696. The van der Waals surface area contributed by atoms with Crippen molar-refractivity contribution in [1.29, 1.82) is 0 Å². The summed E-state index contributed by atoms with van der Waals surface area (Å²) < 4.78 is 0. The van der Waals surface area contributed by atoms with Crippen molar-refractivity contribution in [3.8, 4) is 11.1 Å². The van der Waals surface area contributed by atoms with Gasteiger partial charge in [0.15, 0.2) is 0 Å². The van der Waals surface area contributed by atoms with Crippen LogP contribution in [0.4, 0.5) is 0 Å². The summed E-state index contributed by atoms with van der Waals surface area (Å²) in [6, 6.07) is 12.7. The number of hydrogen-bond acceptors (Lipinski definition) is 2. The van der Waals surface area contributed by atoms with Crippen molar-refractivity contribution < 1.29 is 15.0 Å². The van der Waals surface area contributed by atoms with Crippen LogP contribution in [-0.4, -0.2) is 16.2 Å². The van der Waals surface area contributed by atoms with E-state index < -0.39 is 5.97 Å². The number of carbonyl (C=O) groups is 1. The summed E-state index contributed by atoms with van der Waals surface area (Å²) in [6.45, 7) is 1.81. The Hall–Kier alpha value is -2.13. The van der Waals surface area contributed by atoms with Crippen molar-refractivity contribution in [3.05, 3.63) is 59.2 Å². The van der Waals surface area contributed by atoms with Gasteiger partial charge < -0.3 is 10.2 Å². The summed E-state index contributed by atoms with van der Waals surface area (Å²) in [4.78, 5) is 11.1. The first kappa shape index (κ1) is 12.3. The lowest BCUT2D eigenvalue weighted by Crippen LogP contribution is -1.99. The maximum absolute atomic E-state index is 11.1. The van der Waals surface area contributed by atoms with Gasteiger partial charge in [0.2, 0.25) is 0 Å². The van der Waals surface area contributed by atoms with Gasteiger partial charge in [-0.2, -0.15) is 0 Å². The van der Waals surface area contributed by atoms with Crippen LogP contribution in [0.2, 0.25) is 0 Å². The minimum Gasteiger partial charge on any atom is -0.478 e. The van der Waals surface area contributed by atoms with E-state index in [0.29, 0.717) is 5.56 Å². The van der Waals surface area contributed by atoms with Crippen LogP contribution in [0.5, 0.6) is 0 Å². The van der Waals surface area contributed by atoms with E-state index in [1.54, 1.807) is 6.07 Å². The largest absolute Gasteiger partial charge is 0.478 e. The predicted molar refractivity (Wildman–Crippen MR) is 69.5 cm³/mol. The Kier molecular flexibility index (Phi) is 3.44. The highest BCUT2D eigenvalue weighted by Crippen LogP contribution is 2.25. The van der Waals surface area contributed by atoms with Crippen molar-refractivity contribution in [1.82, 2.24) is 0 Å². The quantitative estimate of drug-likeness (QED) is 0.870. The Labute approximate surface area is 105 Å². The Morgan fingerprint density at radius 1 is 1.17 bits per heavy atom. The summed E-state index contributed by atoms with van der Waals surface area (Å²) >= 11 is 0. The van der Waals surface area contributed by atoms with Gasteiger partial charge in [-0.3, -0.25) is 0 Å². The Balaban J connectivity index is 2.60. The number of aromatic carboxylic acids is 1.